The topological polar surface area (TPSA) is 132 Å². The van der Waals surface area contributed by atoms with Gasteiger partial charge in [0.05, 0.1) is 18.2 Å². The molecule has 1 fully saturated rings. The number of nitrogens with zero attached hydrogens (tertiary/aromatic N) is 3. The second kappa shape index (κ2) is 8.60. The molecule has 10 nitrogen and oxygen atoms in total. The van der Waals surface area contributed by atoms with Gasteiger partial charge in [-0.25, -0.2) is 9.78 Å². The minimum Gasteiger partial charge on any atom is -0.481 e. The average Bonchev–Trinajstić information content (AvgIpc) is 3.12. The fraction of sp³-hybridized carbons (Fsp3) is 0.500. The highest BCUT2D eigenvalue weighted by Gasteiger charge is 2.34. The lowest BCUT2D eigenvalue weighted by atomic mass is 9.94. The second-order valence-corrected chi connectivity index (χ2v) is 8.50. The summed E-state index contributed by atoms with van der Waals surface area (Å²) < 4.78 is 5.32. The molecule has 0 aromatic carbocycles. The number of hydrogen-bond acceptors (Lipinski definition) is 7. The van der Waals surface area contributed by atoms with E-state index < -0.39 is 23.6 Å². The predicted octanol–water partition coefficient (Wildman–Crippen LogP) is 2.66. The third-order valence-corrected chi connectivity index (χ3v) is 4.56. The van der Waals surface area contributed by atoms with E-state index in [1.807, 2.05) is 24.0 Å². The number of ether oxygens (including phenoxy) is 1. The molecule has 3 heterocycles. The van der Waals surface area contributed by atoms with Crippen molar-refractivity contribution < 1.29 is 19.4 Å². The zero-order valence-electron chi connectivity index (χ0n) is 17.6. The van der Waals surface area contributed by atoms with E-state index in [9.17, 15) is 14.7 Å². The molecule has 2 atom stereocenters. The van der Waals surface area contributed by atoms with Crippen molar-refractivity contribution in [3.63, 3.8) is 0 Å². The van der Waals surface area contributed by atoms with Gasteiger partial charge in [0.2, 0.25) is 0 Å². The van der Waals surface area contributed by atoms with Gasteiger partial charge in [-0.05, 0) is 51.8 Å². The standard InChI is InChI=1S/C20H28N6O4/c1-12-7-16(23-15-5-6-21-25-15)24-17(8-12)26-10-13(18(27)28)9-14(11-26)22-19(29)30-20(2,3)4/h5-8,13-14H,9-11H2,1-4H3,(H,22,29)(H,27,28)(H2,21,23,24,25)/t13-,14+/m1/s1. The lowest BCUT2D eigenvalue weighted by molar-refractivity contribution is -0.142. The third kappa shape index (κ3) is 5.85. The van der Waals surface area contributed by atoms with E-state index in [0.29, 0.717) is 37.0 Å². The van der Waals surface area contributed by atoms with Gasteiger partial charge in [0.25, 0.3) is 0 Å². The number of H-pyrrole nitrogens is 1. The van der Waals surface area contributed by atoms with Crippen LogP contribution in [0.3, 0.4) is 0 Å². The Balaban J connectivity index is 1.78. The van der Waals surface area contributed by atoms with Crippen LogP contribution in [0.2, 0.25) is 0 Å². The van der Waals surface area contributed by atoms with E-state index in [1.54, 1.807) is 33.0 Å². The maximum atomic E-state index is 12.2. The number of aliphatic carboxylic acids is 1. The maximum Gasteiger partial charge on any atom is 0.407 e. The molecule has 0 bridgehead atoms. The van der Waals surface area contributed by atoms with E-state index in [2.05, 4.69) is 25.8 Å². The fourth-order valence-electron chi connectivity index (χ4n) is 3.38. The number of piperidine rings is 1. The third-order valence-electron chi connectivity index (χ3n) is 4.56. The van der Waals surface area contributed by atoms with E-state index in [1.165, 1.54) is 0 Å². The molecule has 4 N–H and O–H groups in total. The van der Waals surface area contributed by atoms with Crippen molar-refractivity contribution >= 4 is 29.5 Å². The summed E-state index contributed by atoms with van der Waals surface area (Å²) in [7, 11) is 0. The molecule has 1 amide bonds. The first-order valence-electron chi connectivity index (χ1n) is 9.81. The van der Waals surface area contributed by atoms with Crippen LogP contribution in [0.5, 0.6) is 0 Å². The molecule has 1 saturated heterocycles. The highest BCUT2D eigenvalue weighted by Crippen LogP contribution is 2.26. The lowest BCUT2D eigenvalue weighted by Crippen LogP contribution is -2.53. The van der Waals surface area contributed by atoms with Gasteiger partial charge in [-0.3, -0.25) is 9.89 Å². The normalized spacial score (nSPS) is 19.3. The zero-order valence-corrected chi connectivity index (χ0v) is 17.6. The molecule has 162 valence electrons. The summed E-state index contributed by atoms with van der Waals surface area (Å²) in [4.78, 5) is 30.4. The number of rotatable bonds is 5. The van der Waals surface area contributed by atoms with Gasteiger partial charge in [-0.2, -0.15) is 5.10 Å². The summed E-state index contributed by atoms with van der Waals surface area (Å²) in [6, 6.07) is 5.19. The SMILES string of the molecule is Cc1cc(Nc2ccn[nH]2)nc(N2C[C@@H](NC(=O)OC(C)(C)C)C[C@@H](C(=O)O)C2)c1. The van der Waals surface area contributed by atoms with Crippen molar-refractivity contribution in [2.24, 2.45) is 5.92 Å². The molecule has 1 aliphatic rings. The van der Waals surface area contributed by atoms with E-state index >= 15 is 0 Å². The maximum absolute atomic E-state index is 12.2. The Hall–Kier alpha value is -3.30. The van der Waals surface area contributed by atoms with Gasteiger partial charge in [0, 0.05) is 19.2 Å². The van der Waals surface area contributed by atoms with Crippen LogP contribution in [0.25, 0.3) is 0 Å². The number of aryl methyl sites for hydroxylation is 1. The van der Waals surface area contributed by atoms with Gasteiger partial charge < -0.3 is 25.4 Å². The number of carboxylic acids is 1. The summed E-state index contributed by atoms with van der Waals surface area (Å²) in [5.74, 6) is 0.414. The number of hydrogen-bond donors (Lipinski definition) is 4. The van der Waals surface area contributed by atoms with Crippen LogP contribution < -0.4 is 15.5 Å². The number of nitrogens with one attached hydrogen (secondary N) is 3. The molecule has 2 aromatic heterocycles. The van der Waals surface area contributed by atoms with E-state index in [0.717, 1.165) is 5.56 Å². The molecule has 2 aromatic rings. The largest absolute Gasteiger partial charge is 0.481 e. The molecule has 0 radical (unpaired) electrons. The van der Waals surface area contributed by atoms with E-state index in [-0.39, 0.29) is 6.04 Å². The van der Waals surface area contributed by atoms with Crippen LogP contribution in [0.4, 0.5) is 22.2 Å². The van der Waals surface area contributed by atoms with Crippen LogP contribution in [0, 0.1) is 12.8 Å². The molecule has 0 spiro atoms. The molecular weight excluding hydrogens is 388 g/mol. The summed E-state index contributed by atoms with van der Waals surface area (Å²) in [6.45, 7) is 8.03. The van der Waals surface area contributed by atoms with E-state index in [4.69, 9.17) is 4.74 Å². The Morgan fingerprint density at radius 2 is 2.07 bits per heavy atom. The summed E-state index contributed by atoms with van der Waals surface area (Å²) in [6.07, 6.45) is 1.40. The Morgan fingerprint density at radius 3 is 2.70 bits per heavy atom. The molecule has 1 aliphatic heterocycles. The van der Waals surface area contributed by atoms with Gasteiger partial charge >= 0.3 is 12.1 Å². The lowest BCUT2D eigenvalue weighted by Gasteiger charge is -2.37. The molecule has 0 unspecified atom stereocenters. The van der Waals surface area contributed by atoms with Crippen molar-refractivity contribution in [2.45, 2.75) is 45.8 Å². The van der Waals surface area contributed by atoms with Crippen LogP contribution in [0.1, 0.15) is 32.8 Å². The fourth-order valence-corrected chi connectivity index (χ4v) is 3.38. The minimum atomic E-state index is -0.904. The molecule has 30 heavy (non-hydrogen) atoms. The number of alkyl carbamates (subject to hydrolysis) is 1. The monoisotopic (exact) mass is 416 g/mol. The minimum absolute atomic E-state index is 0.307. The number of aromatic amines is 1. The number of carbonyl (C=O) groups is 2. The molecule has 0 aliphatic carbocycles. The van der Waals surface area contributed by atoms with Gasteiger partial charge in [0.1, 0.15) is 23.1 Å². The Morgan fingerprint density at radius 1 is 1.30 bits per heavy atom. The van der Waals surface area contributed by atoms with Crippen molar-refractivity contribution in [3.05, 3.63) is 30.0 Å². The zero-order chi connectivity index (χ0) is 21.9. The first kappa shape index (κ1) is 21.4. The smallest absolute Gasteiger partial charge is 0.407 e. The van der Waals surface area contributed by atoms with Crippen LogP contribution in [-0.2, 0) is 9.53 Å². The number of carbonyl (C=O) groups excluding carboxylic acids is 1. The quantitative estimate of drug-likeness (QED) is 0.585. The van der Waals surface area contributed by atoms with Gasteiger partial charge in [0.15, 0.2) is 0 Å². The summed E-state index contributed by atoms with van der Waals surface area (Å²) >= 11 is 0. The second-order valence-electron chi connectivity index (χ2n) is 8.50. The Labute approximate surface area is 175 Å². The summed E-state index contributed by atoms with van der Waals surface area (Å²) in [5, 5.41) is 22.3. The number of anilines is 3. The van der Waals surface area contributed by atoms with Crippen molar-refractivity contribution in [2.75, 3.05) is 23.3 Å². The van der Waals surface area contributed by atoms with Crippen LogP contribution in [0.15, 0.2) is 24.4 Å². The summed E-state index contributed by atoms with van der Waals surface area (Å²) in [5.41, 5.74) is 0.340. The first-order valence-corrected chi connectivity index (χ1v) is 9.81. The van der Waals surface area contributed by atoms with Crippen LogP contribution in [-0.4, -0.2) is 57.1 Å². The van der Waals surface area contributed by atoms with Crippen molar-refractivity contribution in [1.29, 1.82) is 0 Å². The first-order chi connectivity index (χ1) is 14.1. The van der Waals surface area contributed by atoms with Crippen LogP contribution >= 0.6 is 0 Å². The number of amides is 1. The Kier molecular flexibility index (Phi) is 6.14. The average molecular weight is 416 g/mol. The van der Waals surface area contributed by atoms with Crippen molar-refractivity contribution in [1.82, 2.24) is 20.5 Å². The molecule has 0 saturated carbocycles. The molecular formula is C20H28N6O4. The predicted molar refractivity (Wildman–Crippen MR) is 112 cm³/mol. The van der Waals surface area contributed by atoms with Gasteiger partial charge in [-0.15, -0.1) is 0 Å². The number of aromatic nitrogens is 3. The molecule has 10 heteroatoms. The van der Waals surface area contributed by atoms with Crippen molar-refractivity contribution in [3.8, 4) is 0 Å². The highest BCUT2D eigenvalue weighted by atomic mass is 16.6. The highest BCUT2D eigenvalue weighted by molar-refractivity contribution is 5.72. The number of carboxylic acid groups (broad SMARTS) is 1. The van der Waals surface area contributed by atoms with Gasteiger partial charge in [-0.1, -0.05) is 0 Å². The molecule has 3 rings (SSSR count). The Bertz CT molecular complexity index is 893. The number of pyridine rings is 1.